The number of hydrogen-bond acceptors (Lipinski definition) is 7. The van der Waals surface area contributed by atoms with E-state index in [4.69, 9.17) is 11.6 Å². The van der Waals surface area contributed by atoms with Crippen LogP contribution in [-0.2, 0) is 16.1 Å². The van der Waals surface area contributed by atoms with Crippen LogP contribution < -0.4 is 22.3 Å². The number of nitrogens with zero attached hydrogens (tertiary/aromatic N) is 2. The molecule has 0 aliphatic carbocycles. The van der Waals surface area contributed by atoms with Crippen molar-refractivity contribution >= 4 is 23.7 Å². The zero-order chi connectivity index (χ0) is 27.1. The van der Waals surface area contributed by atoms with Crippen LogP contribution in [0.4, 0.5) is 0 Å². The van der Waals surface area contributed by atoms with E-state index in [9.17, 15) is 9.59 Å². The largest absolute Gasteiger partial charge is 0.401 e. The normalized spacial score (nSPS) is 15.1. The third-order valence-corrected chi connectivity index (χ3v) is 6.70. The Morgan fingerprint density at radius 3 is 2.33 bits per heavy atom. The van der Waals surface area contributed by atoms with Crippen LogP contribution in [0.25, 0.3) is 10.4 Å². The third kappa shape index (κ3) is 11.2. The molecule has 2 heterocycles. The molecule has 1 saturated heterocycles. The van der Waals surface area contributed by atoms with Gasteiger partial charge >= 0.3 is 0 Å². The second kappa shape index (κ2) is 16.7. The van der Waals surface area contributed by atoms with Crippen molar-refractivity contribution in [3.8, 4) is 10.4 Å². The quantitative estimate of drug-likeness (QED) is 0.235. The lowest BCUT2D eigenvalue weighted by molar-refractivity contribution is -0.132. The van der Waals surface area contributed by atoms with Gasteiger partial charge in [-0.15, -0.1) is 11.3 Å². The van der Waals surface area contributed by atoms with Crippen molar-refractivity contribution < 1.29 is 9.59 Å². The number of aryl methyl sites for hydroxylation is 1. The summed E-state index contributed by atoms with van der Waals surface area (Å²) in [7, 11) is 0. The Morgan fingerprint density at radius 2 is 1.92 bits per heavy atom. The van der Waals surface area contributed by atoms with Gasteiger partial charge in [0, 0.05) is 37.4 Å². The number of hydrogen-bond donors (Lipinski definition) is 4. The van der Waals surface area contributed by atoms with Gasteiger partial charge in [0.15, 0.2) is 0 Å². The molecular weight excluding hydrogens is 472 g/mol. The molecule has 1 aliphatic heterocycles. The zero-order valence-electron chi connectivity index (χ0n) is 22.6. The summed E-state index contributed by atoms with van der Waals surface area (Å²) >= 11 is 1.64. The van der Waals surface area contributed by atoms with Gasteiger partial charge < -0.3 is 21.4 Å². The van der Waals surface area contributed by atoms with Gasteiger partial charge in [0.2, 0.25) is 12.3 Å². The molecular formula is C27H44N6O2S. The second-order valence-corrected chi connectivity index (χ2v) is 10.5. The number of carbonyl (C=O) groups is 2. The molecule has 0 radical (unpaired) electrons. The molecule has 1 atom stereocenters. The number of nitrogens with two attached hydrogens (primary N) is 2. The van der Waals surface area contributed by atoms with Crippen molar-refractivity contribution in [2.24, 2.45) is 23.4 Å². The second-order valence-electron chi connectivity index (χ2n) is 9.60. The van der Waals surface area contributed by atoms with E-state index in [1.165, 1.54) is 23.3 Å². The number of aromatic nitrogens is 1. The molecule has 2 amide bonds. The lowest BCUT2D eigenvalue weighted by Gasteiger charge is -2.22. The van der Waals surface area contributed by atoms with Crippen LogP contribution in [0.15, 0.2) is 41.7 Å². The van der Waals surface area contributed by atoms with Crippen molar-refractivity contribution in [3.63, 3.8) is 0 Å². The number of allylic oxidation sites excluding steroid dienone is 1. The maximum absolute atomic E-state index is 11.6. The maximum Gasteiger partial charge on any atom is 0.223 e. The van der Waals surface area contributed by atoms with Crippen LogP contribution in [0.5, 0.6) is 0 Å². The summed E-state index contributed by atoms with van der Waals surface area (Å²) in [6.07, 6.45) is 5.38. The monoisotopic (exact) mass is 516 g/mol. The molecule has 6 N–H and O–H groups in total. The molecule has 1 aliphatic rings. The van der Waals surface area contributed by atoms with E-state index in [0.29, 0.717) is 43.2 Å². The SMILES string of the molecule is CC(C)/C(N)=C/NN.CC(C)CC(=O)N1CCCC1C.Cc1ncsc1-c1ccc(CNC=O)cc1. The van der Waals surface area contributed by atoms with Crippen LogP contribution in [-0.4, -0.2) is 34.8 Å². The number of likely N-dealkylation sites (tertiary alicyclic amines) is 1. The molecule has 1 fully saturated rings. The predicted octanol–water partition coefficient (Wildman–Crippen LogP) is 4.31. The van der Waals surface area contributed by atoms with E-state index in [-0.39, 0.29) is 0 Å². The topological polar surface area (TPSA) is 126 Å². The summed E-state index contributed by atoms with van der Waals surface area (Å²) in [6.45, 7) is 13.9. The molecule has 200 valence electrons. The zero-order valence-corrected chi connectivity index (χ0v) is 23.4. The van der Waals surface area contributed by atoms with Gasteiger partial charge in [0.05, 0.1) is 16.1 Å². The molecule has 9 heteroatoms. The third-order valence-electron chi connectivity index (χ3n) is 5.72. The van der Waals surface area contributed by atoms with Crippen molar-refractivity contribution in [1.29, 1.82) is 0 Å². The highest BCUT2D eigenvalue weighted by atomic mass is 32.1. The minimum absolute atomic E-state index is 0.343. The molecule has 8 nitrogen and oxygen atoms in total. The summed E-state index contributed by atoms with van der Waals surface area (Å²) in [5.74, 6) is 6.16. The van der Waals surface area contributed by atoms with E-state index in [1.54, 1.807) is 17.5 Å². The lowest BCUT2D eigenvalue weighted by atomic mass is 10.1. The Morgan fingerprint density at radius 1 is 1.25 bits per heavy atom. The summed E-state index contributed by atoms with van der Waals surface area (Å²) < 4.78 is 0. The van der Waals surface area contributed by atoms with E-state index < -0.39 is 0 Å². The smallest absolute Gasteiger partial charge is 0.223 e. The summed E-state index contributed by atoms with van der Waals surface area (Å²) in [5, 5.41) is 2.64. The van der Waals surface area contributed by atoms with Crippen molar-refractivity contribution in [2.45, 2.75) is 73.4 Å². The highest BCUT2D eigenvalue weighted by Gasteiger charge is 2.24. The van der Waals surface area contributed by atoms with Crippen LogP contribution in [0.2, 0.25) is 0 Å². The Kier molecular flexibility index (Phi) is 14.4. The van der Waals surface area contributed by atoms with E-state index in [0.717, 1.165) is 23.5 Å². The summed E-state index contributed by atoms with van der Waals surface area (Å²) in [6, 6.07) is 8.64. The average molecular weight is 517 g/mol. The van der Waals surface area contributed by atoms with Gasteiger partial charge in [-0.25, -0.2) is 4.98 Å². The Balaban J connectivity index is 0.000000288. The van der Waals surface area contributed by atoms with Gasteiger partial charge in [-0.1, -0.05) is 52.0 Å². The predicted molar refractivity (Wildman–Crippen MR) is 149 cm³/mol. The first-order valence-electron chi connectivity index (χ1n) is 12.5. The van der Waals surface area contributed by atoms with Crippen molar-refractivity contribution in [1.82, 2.24) is 20.6 Å². The van der Waals surface area contributed by atoms with Gasteiger partial charge in [-0.3, -0.25) is 15.4 Å². The molecule has 0 spiro atoms. The van der Waals surface area contributed by atoms with Crippen LogP contribution in [0, 0.1) is 18.8 Å². The van der Waals surface area contributed by atoms with Crippen LogP contribution in [0.1, 0.15) is 65.1 Å². The summed E-state index contributed by atoms with van der Waals surface area (Å²) in [4.78, 5) is 29.2. The van der Waals surface area contributed by atoms with E-state index >= 15 is 0 Å². The highest BCUT2D eigenvalue weighted by molar-refractivity contribution is 7.13. The number of nitrogens with one attached hydrogen (secondary N) is 2. The number of benzene rings is 1. The minimum Gasteiger partial charge on any atom is -0.401 e. The fourth-order valence-electron chi connectivity index (χ4n) is 3.55. The number of carbonyl (C=O) groups excluding carboxylic acids is 2. The number of amides is 2. The first kappa shape index (κ1) is 31.1. The van der Waals surface area contributed by atoms with Gasteiger partial charge in [0.25, 0.3) is 0 Å². The molecule has 0 saturated carbocycles. The Bertz CT molecular complexity index is 940. The molecule has 0 bridgehead atoms. The van der Waals surface area contributed by atoms with E-state index in [2.05, 4.69) is 48.6 Å². The highest BCUT2D eigenvalue weighted by Crippen LogP contribution is 2.27. The molecule has 36 heavy (non-hydrogen) atoms. The minimum atomic E-state index is 0.343. The Labute approximate surface area is 220 Å². The van der Waals surface area contributed by atoms with Crippen molar-refractivity contribution in [2.75, 3.05) is 6.54 Å². The number of rotatable bonds is 8. The lowest BCUT2D eigenvalue weighted by Crippen LogP contribution is -2.34. The van der Waals surface area contributed by atoms with Gasteiger partial charge in [-0.2, -0.15) is 0 Å². The maximum atomic E-state index is 11.6. The number of thiazole rings is 1. The van der Waals surface area contributed by atoms with Crippen LogP contribution in [0.3, 0.4) is 0 Å². The molecule has 1 aromatic carbocycles. The summed E-state index contributed by atoms with van der Waals surface area (Å²) in [5.41, 5.74) is 13.8. The molecule has 3 rings (SSSR count). The first-order valence-corrected chi connectivity index (χ1v) is 13.4. The average Bonchev–Trinajstić information content (AvgIpc) is 3.46. The fraction of sp³-hybridized carbons (Fsp3) is 0.519. The number of hydrazine groups is 1. The molecule has 1 unspecified atom stereocenters. The van der Waals surface area contributed by atoms with Crippen LogP contribution >= 0.6 is 11.3 Å². The fourth-order valence-corrected chi connectivity index (χ4v) is 4.36. The standard InChI is InChI=1S/C12H12N2OS.C10H19NO.C5H13N3/c1-9-12(16-8-14-9)11-4-2-10(3-5-11)6-13-7-15;1-8(2)7-10(12)11-6-4-5-9(11)3;1-4(2)5(6)3-8-7/h2-5,7-8H,6H2,1H3,(H,13,15);8-9H,4-7H2,1-3H3;3-4,8H,6-7H2,1-2H3/b;;5-3-. The van der Waals surface area contributed by atoms with Gasteiger partial charge in [0.1, 0.15) is 0 Å². The molecule has 2 aromatic rings. The van der Waals surface area contributed by atoms with Gasteiger partial charge in [-0.05, 0) is 49.7 Å². The Hall–Kier alpha value is -2.91. The molecule has 1 aromatic heterocycles. The van der Waals surface area contributed by atoms with Crippen molar-refractivity contribution in [3.05, 3.63) is 52.9 Å². The van der Waals surface area contributed by atoms with E-state index in [1.807, 2.05) is 43.3 Å². The first-order chi connectivity index (χ1) is 17.1.